The first kappa shape index (κ1) is 14.1. The van der Waals surface area contributed by atoms with Crippen molar-refractivity contribution >= 4 is 22.9 Å². The summed E-state index contributed by atoms with van der Waals surface area (Å²) in [7, 11) is 0. The molecular weight excluding hydrogens is 284 g/mol. The Morgan fingerprint density at radius 2 is 2.38 bits per heavy atom. The average molecular weight is 302 g/mol. The van der Waals surface area contributed by atoms with Gasteiger partial charge in [0.15, 0.2) is 0 Å². The molecule has 1 aliphatic rings. The quantitative estimate of drug-likeness (QED) is 0.874. The molecule has 5 heteroatoms. The first-order valence-electron chi connectivity index (χ1n) is 7.08. The van der Waals surface area contributed by atoms with E-state index in [1.54, 1.807) is 16.8 Å². The van der Waals surface area contributed by atoms with E-state index in [0.29, 0.717) is 19.4 Å². The molecule has 3 rings (SSSR count). The van der Waals surface area contributed by atoms with E-state index in [2.05, 4.69) is 4.98 Å². The smallest absolute Gasteiger partial charge is 0.227 e. The molecule has 110 valence electrons. The van der Waals surface area contributed by atoms with Crippen LogP contribution in [0.25, 0.3) is 0 Å². The van der Waals surface area contributed by atoms with Gasteiger partial charge in [-0.1, -0.05) is 6.07 Å². The summed E-state index contributed by atoms with van der Waals surface area (Å²) in [6, 6.07) is 5.97. The molecule has 0 saturated carbocycles. The molecular formula is C16H18N2O2S. The molecule has 1 aromatic carbocycles. The number of hydrogen-bond donors (Lipinski definition) is 0. The Hall–Kier alpha value is -1.88. The third kappa shape index (κ3) is 3.08. The van der Waals surface area contributed by atoms with Crippen LogP contribution in [-0.2, 0) is 11.2 Å². The molecule has 0 radical (unpaired) electrons. The molecule has 4 nitrogen and oxygen atoms in total. The monoisotopic (exact) mass is 302 g/mol. The number of benzene rings is 1. The summed E-state index contributed by atoms with van der Waals surface area (Å²) in [4.78, 5) is 18.6. The second-order valence-electron chi connectivity index (χ2n) is 5.38. The maximum atomic E-state index is 12.5. The minimum absolute atomic E-state index is 0.0162. The van der Waals surface area contributed by atoms with Crippen LogP contribution in [0.5, 0.6) is 5.75 Å². The highest BCUT2D eigenvalue weighted by molar-refractivity contribution is 7.07. The molecule has 21 heavy (non-hydrogen) atoms. The van der Waals surface area contributed by atoms with E-state index in [4.69, 9.17) is 4.74 Å². The van der Waals surface area contributed by atoms with Crippen molar-refractivity contribution in [3.05, 3.63) is 40.3 Å². The van der Waals surface area contributed by atoms with Gasteiger partial charge in [-0.25, -0.2) is 4.98 Å². The fourth-order valence-corrected chi connectivity index (χ4v) is 3.11. The number of aromatic nitrogens is 1. The van der Waals surface area contributed by atoms with Crippen LogP contribution in [0.2, 0.25) is 0 Å². The number of hydrogen-bond acceptors (Lipinski definition) is 4. The van der Waals surface area contributed by atoms with Crippen molar-refractivity contribution in [2.24, 2.45) is 0 Å². The number of fused-ring (bicyclic) bond motifs is 1. The zero-order chi connectivity index (χ0) is 14.8. The molecule has 1 aromatic heterocycles. The number of aryl methyl sites for hydroxylation is 2. The fraction of sp³-hybridized carbons (Fsp3) is 0.375. The minimum atomic E-state index is 0.0162. The van der Waals surface area contributed by atoms with Gasteiger partial charge in [-0.3, -0.25) is 4.79 Å². The molecule has 1 amide bonds. The highest BCUT2D eigenvalue weighted by Crippen LogP contribution is 2.34. The zero-order valence-corrected chi connectivity index (χ0v) is 13.0. The molecule has 0 spiro atoms. The summed E-state index contributed by atoms with van der Waals surface area (Å²) in [5.41, 5.74) is 4.80. The summed E-state index contributed by atoms with van der Waals surface area (Å²) in [5, 5.41) is 1.99. The van der Waals surface area contributed by atoms with Gasteiger partial charge in [0, 0.05) is 11.8 Å². The van der Waals surface area contributed by atoms with Crippen molar-refractivity contribution < 1.29 is 9.53 Å². The van der Waals surface area contributed by atoms with Crippen molar-refractivity contribution in [1.82, 2.24) is 4.98 Å². The Kier molecular flexibility index (Phi) is 3.92. The molecule has 2 heterocycles. The zero-order valence-electron chi connectivity index (χ0n) is 12.2. The van der Waals surface area contributed by atoms with Gasteiger partial charge in [-0.2, -0.15) is 0 Å². The lowest BCUT2D eigenvalue weighted by Crippen LogP contribution is -2.42. The van der Waals surface area contributed by atoms with Crippen LogP contribution >= 0.6 is 11.3 Å². The highest BCUT2D eigenvalue weighted by Gasteiger charge is 2.27. The van der Waals surface area contributed by atoms with Gasteiger partial charge in [0.05, 0.1) is 23.4 Å². The van der Waals surface area contributed by atoms with Crippen molar-refractivity contribution in [2.75, 3.05) is 11.4 Å². The normalized spacial score (nSPS) is 17.2. The minimum Gasteiger partial charge on any atom is -0.487 e. The third-order valence-corrected chi connectivity index (χ3v) is 4.19. The third-order valence-electron chi connectivity index (χ3n) is 3.55. The van der Waals surface area contributed by atoms with Crippen LogP contribution in [0.15, 0.2) is 29.1 Å². The molecule has 0 saturated heterocycles. The predicted octanol–water partition coefficient (Wildman–Crippen LogP) is 3.20. The van der Waals surface area contributed by atoms with Gasteiger partial charge in [0.25, 0.3) is 0 Å². The molecule has 0 aliphatic carbocycles. The van der Waals surface area contributed by atoms with Gasteiger partial charge in [-0.05, 0) is 38.0 Å². The van der Waals surface area contributed by atoms with Crippen molar-refractivity contribution in [3.63, 3.8) is 0 Å². The van der Waals surface area contributed by atoms with Gasteiger partial charge in [0.1, 0.15) is 11.9 Å². The number of rotatable bonds is 3. The molecule has 0 N–H and O–H groups in total. The Morgan fingerprint density at radius 3 is 3.14 bits per heavy atom. The molecule has 0 bridgehead atoms. The number of ether oxygens (including phenoxy) is 1. The highest BCUT2D eigenvalue weighted by atomic mass is 32.1. The van der Waals surface area contributed by atoms with Crippen molar-refractivity contribution in [2.45, 2.75) is 32.8 Å². The van der Waals surface area contributed by atoms with E-state index in [0.717, 1.165) is 22.7 Å². The number of thiazole rings is 1. The predicted molar refractivity (Wildman–Crippen MR) is 84.1 cm³/mol. The first-order chi connectivity index (χ1) is 10.1. The van der Waals surface area contributed by atoms with Gasteiger partial charge in [-0.15, -0.1) is 11.3 Å². The maximum Gasteiger partial charge on any atom is 0.227 e. The second-order valence-corrected chi connectivity index (χ2v) is 6.10. The number of carbonyl (C=O) groups is 1. The number of carbonyl (C=O) groups excluding carboxylic acids is 1. The van der Waals surface area contributed by atoms with Crippen LogP contribution in [0, 0.1) is 6.92 Å². The van der Waals surface area contributed by atoms with Gasteiger partial charge in [0.2, 0.25) is 5.91 Å². The Balaban J connectivity index is 1.77. The lowest BCUT2D eigenvalue weighted by Gasteiger charge is -2.33. The lowest BCUT2D eigenvalue weighted by molar-refractivity contribution is -0.119. The van der Waals surface area contributed by atoms with Crippen molar-refractivity contribution in [1.29, 1.82) is 0 Å². The van der Waals surface area contributed by atoms with Crippen molar-refractivity contribution in [3.8, 4) is 5.75 Å². The summed E-state index contributed by atoms with van der Waals surface area (Å²) in [5.74, 6) is 0.930. The van der Waals surface area contributed by atoms with E-state index in [-0.39, 0.29) is 12.0 Å². The fourth-order valence-electron chi connectivity index (χ4n) is 2.52. The van der Waals surface area contributed by atoms with Crippen LogP contribution < -0.4 is 9.64 Å². The van der Waals surface area contributed by atoms with Crippen LogP contribution in [0.1, 0.15) is 24.6 Å². The number of anilines is 1. The topological polar surface area (TPSA) is 42.4 Å². The van der Waals surface area contributed by atoms with Crippen LogP contribution in [-0.4, -0.2) is 23.5 Å². The Bertz CT molecular complexity index is 640. The SMILES string of the molecule is Cc1ccc2c(c1)O[C@@H](C)CN2C(=O)CCc1cscn1. The van der Waals surface area contributed by atoms with Gasteiger partial charge >= 0.3 is 0 Å². The molecule has 1 aliphatic heterocycles. The van der Waals surface area contributed by atoms with E-state index < -0.39 is 0 Å². The van der Waals surface area contributed by atoms with E-state index in [9.17, 15) is 4.79 Å². The molecule has 0 fully saturated rings. The van der Waals surface area contributed by atoms with Crippen LogP contribution in [0.4, 0.5) is 5.69 Å². The summed E-state index contributed by atoms with van der Waals surface area (Å²) >= 11 is 1.56. The summed E-state index contributed by atoms with van der Waals surface area (Å²) in [6.45, 7) is 4.62. The molecule has 0 unspecified atom stereocenters. The number of amides is 1. The van der Waals surface area contributed by atoms with E-state index in [1.165, 1.54) is 0 Å². The van der Waals surface area contributed by atoms with Crippen LogP contribution in [0.3, 0.4) is 0 Å². The maximum absolute atomic E-state index is 12.5. The lowest BCUT2D eigenvalue weighted by atomic mass is 10.1. The Morgan fingerprint density at radius 1 is 1.52 bits per heavy atom. The van der Waals surface area contributed by atoms with E-state index in [1.807, 2.05) is 42.3 Å². The number of nitrogens with zero attached hydrogens (tertiary/aromatic N) is 2. The first-order valence-corrected chi connectivity index (χ1v) is 8.02. The summed E-state index contributed by atoms with van der Waals surface area (Å²) in [6.07, 6.45) is 1.18. The van der Waals surface area contributed by atoms with E-state index >= 15 is 0 Å². The standard InChI is InChI=1S/C16H18N2O2S/c1-11-3-5-14-15(7-11)20-12(2)8-18(14)16(19)6-4-13-9-21-10-17-13/h3,5,7,9-10,12H,4,6,8H2,1-2H3/t12-/m0/s1. The Labute approximate surface area is 128 Å². The molecule has 2 aromatic rings. The largest absolute Gasteiger partial charge is 0.487 e. The summed E-state index contributed by atoms with van der Waals surface area (Å²) < 4.78 is 5.84. The average Bonchev–Trinajstić information content (AvgIpc) is 2.96. The molecule has 1 atom stereocenters. The second kappa shape index (κ2) is 5.85. The van der Waals surface area contributed by atoms with Gasteiger partial charge < -0.3 is 9.64 Å².